The molecule has 4 nitrogen and oxygen atoms in total. The fourth-order valence-corrected chi connectivity index (χ4v) is 7.50. The predicted molar refractivity (Wildman–Crippen MR) is 219 cm³/mol. The maximum Gasteiger partial charge on any atom is 0.169 e. The summed E-state index contributed by atoms with van der Waals surface area (Å²) in [5.74, 6) is 1.53. The summed E-state index contributed by atoms with van der Waals surface area (Å²) in [4.78, 5) is 10.6. The molecule has 53 heavy (non-hydrogen) atoms. The average Bonchev–Trinajstić information content (AvgIpc) is 3.62. The Hall–Kier alpha value is -7.04. The van der Waals surface area contributed by atoms with Gasteiger partial charge in [0.05, 0.1) is 0 Å². The molecule has 10 rings (SSSR count). The molecule has 1 atom stereocenters. The molecule has 1 unspecified atom stereocenters. The maximum absolute atomic E-state index is 6.51. The summed E-state index contributed by atoms with van der Waals surface area (Å²) in [6.07, 6.45) is -0.483. The van der Waals surface area contributed by atoms with Gasteiger partial charge in [0.15, 0.2) is 6.17 Å². The highest BCUT2D eigenvalue weighted by Gasteiger charge is 2.24. The van der Waals surface area contributed by atoms with E-state index in [2.05, 4.69) is 157 Å². The van der Waals surface area contributed by atoms with E-state index in [0.29, 0.717) is 0 Å². The van der Waals surface area contributed by atoms with Crippen LogP contribution in [0.25, 0.3) is 66.1 Å². The monoisotopic (exact) mass is 679 g/mol. The second-order valence-electron chi connectivity index (χ2n) is 13.4. The number of hydrogen-bond donors (Lipinski definition) is 1. The number of hydrogen-bond acceptors (Lipinski definition) is 4. The van der Waals surface area contributed by atoms with Crippen molar-refractivity contribution < 1.29 is 4.42 Å². The minimum Gasteiger partial charge on any atom is -0.456 e. The summed E-state index contributed by atoms with van der Waals surface area (Å²) in [6.45, 7) is 0. The van der Waals surface area contributed by atoms with Gasteiger partial charge in [-0.15, -0.1) is 0 Å². The Kier molecular flexibility index (Phi) is 7.51. The molecule has 9 aromatic rings. The van der Waals surface area contributed by atoms with Crippen LogP contribution in [0, 0.1) is 0 Å². The first-order chi connectivity index (χ1) is 26.2. The number of nitrogens with one attached hydrogen (secondary N) is 1. The van der Waals surface area contributed by atoms with Crippen molar-refractivity contribution in [3.63, 3.8) is 0 Å². The lowest BCUT2D eigenvalue weighted by atomic mass is 9.91. The van der Waals surface area contributed by atoms with Crippen LogP contribution in [-0.4, -0.2) is 11.7 Å². The van der Waals surface area contributed by atoms with Gasteiger partial charge in [-0.05, 0) is 80.0 Å². The Balaban J connectivity index is 1.14. The van der Waals surface area contributed by atoms with Crippen molar-refractivity contribution in [1.29, 1.82) is 0 Å². The highest BCUT2D eigenvalue weighted by molar-refractivity contribution is 6.23. The van der Waals surface area contributed by atoms with Gasteiger partial charge in [-0.3, -0.25) is 0 Å². The number of amidine groups is 2. The van der Waals surface area contributed by atoms with E-state index in [1.165, 1.54) is 21.9 Å². The molecule has 0 saturated carbocycles. The number of rotatable bonds is 6. The van der Waals surface area contributed by atoms with Crippen molar-refractivity contribution in [3.8, 4) is 33.4 Å². The van der Waals surface area contributed by atoms with Crippen molar-refractivity contribution in [1.82, 2.24) is 5.32 Å². The SMILES string of the molecule is c1ccc(C2=NC(c3ccc(-c4ccccc4)c(-c4ccc5ccccc5c4)c3)N=C(c3cccc4oc5cc(-c6ccccc6)ccc5c34)N2)cc1. The summed E-state index contributed by atoms with van der Waals surface area (Å²) in [5, 5.41) is 8.13. The van der Waals surface area contributed by atoms with Crippen LogP contribution in [0.15, 0.2) is 202 Å². The Labute approximate surface area is 307 Å². The largest absolute Gasteiger partial charge is 0.456 e. The van der Waals surface area contributed by atoms with Crippen LogP contribution in [0.1, 0.15) is 22.9 Å². The van der Waals surface area contributed by atoms with Gasteiger partial charge in [-0.1, -0.05) is 158 Å². The van der Waals surface area contributed by atoms with Crippen LogP contribution in [0.3, 0.4) is 0 Å². The maximum atomic E-state index is 6.51. The average molecular weight is 680 g/mol. The van der Waals surface area contributed by atoms with E-state index in [4.69, 9.17) is 14.4 Å². The van der Waals surface area contributed by atoms with Gasteiger partial charge in [0.2, 0.25) is 0 Å². The highest BCUT2D eigenvalue weighted by atomic mass is 16.3. The van der Waals surface area contributed by atoms with Gasteiger partial charge >= 0.3 is 0 Å². The van der Waals surface area contributed by atoms with Gasteiger partial charge in [0.1, 0.15) is 22.8 Å². The standard InChI is InChI=1S/C49H33N3O/c1-4-13-32(14-5-1)37-25-28-41-45(31-37)53-44-22-12-21-42(46(41)44)49-51-47(35-18-8-3-9-19-35)50-48(52-49)39-26-27-40(34-16-6-2-7-17-34)43(30-39)38-24-23-33-15-10-11-20-36(33)29-38/h1-31,48H,(H,50,51,52). The molecule has 0 aliphatic carbocycles. The van der Waals surface area contributed by atoms with Gasteiger partial charge < -0.3 is 9.73 Å². The zero-order valence-corrected chi connectivity index (χ0v) is 28.8. The van der Waals surface area contributed by atoms with E-state index < -0.39 is 6.17 Å². The van der Waals surface area contributed by atoms with Gasteiger partial charge in [-0.25, -0.2) is 9.98 Å². The van der Waals surface area contributed by atoms with E-state index in [-0.39, 0.29) is 0 Å². The van der Waals surface area contributed by atoms with Crippen LogP contribution >= 0.6 is 0 Å². The summed E-state index contributed by atoms with van der Waals surface area (Å²) >= 11 is 0. The quantitative estimate of drug-likeness (QED) is 0.190. The minimum atomic E-state index is -0.483. The lowest BCUT2D eigenvalue weighted by molar-refractivity contribution is 0.669. The summed E-state index contributed by atoms with van der Waals surface area (Å²) in [6, 6.07) is 65.8. The number of nitrogens with zero attached hydrogens (tertiary/aromatic N) is 2. The summed E-state index contributed by atoms with van der Waals surface area (Å²) in [5.41, 5.74) is 11.5. The van der Waals surface area contributed by atoms with E-state index in [9.17, 15) is 0 Å². The van der Waals surface area contributed by atoms with Crippen molar-refractivity contribution in [3.05, 3.63) is 205 Å². The van der Waals surface area contributed by atoms with E-state index >= 15 is 0 Å². The lowest BCUT2D eigenvalue weighted by Crippen LogP contribution is -2.36. The first-order valence-corrected chi connectivity index (χ1v) is 17.9. The van der Waals surface area contributed by atoms with E-state index in [0.717, 1.165) is 72.6 Å². The fourth-order valence-electron chi connectivity index (χ4n) is 7.50. The van der Waals surface area contributed by atoms with E-state index in [1.807, 2.05) is 36.4 Å². The van der Waals surface area contributed by atoms with Gasteiger partial charge in [-0.2, -0.15) is 0 Å². The highest BCUT2D eigenvalue weighted by Crippen LogP contribution is 2.39. The molecule has 250 valence electrons. The molecule has 0 fully saturated rings. The summed E-state index contributed by atoms with van der Waals surface area (Å²) < 4.78 is 6.51. The zero-order valence-electron chi connectivity index (χ0n) is 28.8. The molecular weight excluding hydrogens is 647 g/mol. The number of fused-ring (bicyclic) bond motifs is 4. The molecule has 8 aromatic carbocycles. The molecule has 4 heteroatoms. The Morgan fingerprint density at radius 1 is 0.396 bits per heavy atom. The first-order valence-electron chi connectivity index (χ1n) is 17.9. The van der Waals surface area contributed by atoms with E-state index in [1.54, 1.807) is 0 Å². The molecule has 1 aromatic heterocycles. The smallest absolute Gasteiger partial charge is 0.169 e. The van der Waals surface area contributed by atoms with Crippen LogP contribution in [0.5, 0.6) is 0 Å². The topological polar surface area (TPSA) is 49.9 Å². The molecule has 0 saturated heterocycles. The molecule has 1 N–H and O–H groups in total. The molecule has 0 amide bonds. The molecular formula is C49H33N3O. The Bertz CT molecular complexity index is 2850. The van der Waals surface area contributed by atoms with Crippen molar-refractivity contribution in [2.45, 2.75) is 6.17 Å². The van der Waals surface area contributed by atoms with Crippen molar-refractivity contribution in [2.75, 3.05) is 0 Å². The third-order valence-corrected chi connectivity index (χ3v) is 10.1. The van der Waals surface area contributed by atoms with Crippen LogP contribution < -0.4 is 5.32 Å². The number of furan rings is 1. The fraction of sp³-hybridized carbons (Fsp3) is 0.0204. The second-order valence-corrected chi connectivity index (χ2v) is 13.4. The predicted octanol–water partition coefficient (Wildman–Crippen LogP) is 12.2. The molecule has 1 aliphatic heterocycles. The minimum absolute atomic E-state index is 0.483. The van der Waals surface area contributed by atoms with Crippen molar-refractivity contribution in [2.24, 2.45) is 9.98 Å². The lowest BCUT2D eigenvalue weighted by Gasteiger charge is -2.23. The molecule has 0 bridgehead atoms. The Morgan fingerprint density at radius 3 is 1.87 bits per heavy atom. The normalized spacial score (nSPS) is 14.2. The van der Waals surface area contributed by atoms with Crippen LogP contribution in [0.4, 0.5) is 0 Å². The third-order valence-electron chi connectivity index (χ3n) is 10.1. The second kappa shape index (κ2) is 12.9. The zero-order chi connectivity index (χ0) is 35.1. The third kappa shape index (κ3) is 5.67. The molecule has 0 radical (unpaired) electrons. The van der Waals surface area contributed by atoms with Gasteiger partial charge in [0, 0.05) is 21.9 Å². The van der Waals surface area contributed by atoms with Crippen LogP contribution in [-0.2, 0) is 0 Å². The number of aliphatic imine (C=N–C) groups is 2. The molecule has 0 spiro atoms. The first kappa shape index (κ1) is 30.8. The Morgan fingerprint density at radius 2 is 1.08 bits per heavy atom. The molecule has 1 aliphatic rings. The van der Waals surface area contributed by atoms with Gasteiger partial charge in [0.25, 0.3) is 0 Å². The van der Waals surface area contributed by atoms with Crippen molar-refractivity contribution >= 4 is 44.4 Å². The summed E-state index contributed by atoms with van der Waals surface area (Å²) in [7, 11) is 0. The van der Waals surface area contributed by atoms with Crippen LogP contribution in [0.2, 0.25) is 0 Å². The number of benzene rings is 8. The molecule has 2 heterocycles.